The van der Waals surface area contributed by atoms with Crippen molar-refractivity contribution in [2.75, 3.05) is 13.6 Å². The van der Waals surface area contributed by atoms with Crippen molar-refractivity contribution < 1.29 is 4.79 Å². The van der Waals surface area contributed by atoms with Gasteiger partial charge >= 0.3 is 0 Å². The molecule has 0 aliphatic heterocycles. The van der Waals surface area contributed by atoms with Crippen molar-refractivity contribution >= 4 is 29.2 Å². The number of rotatable bonds is 4. The van der Waals surface area contributed by atoms with Crippen molar-refractivity contribution in [3.63, 3.8) is 0 Å². The number of aryl methyl sites for hydroxylation is 1. The Morgan fingerprint density at radius 2 is 2.21 bits per heavy atom. The number of hydrogen-bond donors (Lipinski definition) is 3. The predicted molar refractivity (Wildman–Crippen MR) is 78.9 cm³/mol. The highest BCUT2D eigenvalue weighted by atomic mass is 35.5. The maximum absolute atomic E-state index is 12.1. The van der Waals surface area contributed by atoms with Gasteiger partial charge in [0.1, 0.15) is 0 Å². The van der Waals surface area contributed by atoms with Crippen LogP contribution in [0.2, 0.25) is 0 Å². The topological polar surface area (TPSA) is 69.8 Å². The zero-order valence-corrected chi connectivity index (χ0v) is 12.1. The number of aromatic nitrogens is 2. The fourth-order valence-electron chi connectivity index (χ4n) is 1.83. The first kappa shape index (κ1) is 15.5. The van der Waals surface area contributed by atoms with Gasteiger partial charge in [-0.2, -0.15) is 5.10 Å². The molecule has 2 aromatic rings. The van der Waals surface area contributed by atoms with Crippen molar-refractivity contribution in [2.45, 2.75) is 19.9 Å². The molecule has 0 saturated heterocycles. The van der Waals surface area contributed by atoms with E-state index in [4.69, 9.17) is 0 Å². The van der Waals surface area contributed by atoms with Crippen molar-refractivity contribution in [3.05, 3.63) is 29.5 Å². The Morgan fingerprint density at radius 3 is 2.89 bits per heavy atom. The molecule has 6 heteroatoms. The van der Waals surface area contributed by atoms with Crippen LogP contribution < -0.4 is 10.6 Å². The summed E-state index contributed by atoms with van der Waals surface area (Å²) in [6.45, 7) is 4.58. The lowest BCUT2D eigenvalue weighted by Gasteiger charge is -2.12. The van der Waals surface area contributed by atoms with Gasteiger partial charge in [-0.25, -0.2) is 0 Å². The van der Waals surface area contributed by atoms with Crippen LogP contribution in [-0.4, -0.2) is 35.7 Å². The number of likely N-dealkylation sites (N-methyl/N-ethyl adjacent to an activating group) is 1. The molecule has 1 aromatic carbocycles. The lowest BCUT2D eigenvalue weighted by molar-refractivity contribution is 0.0952. The molecule has 0 saturated carbocycles. The van der Waals surface area contributed by atoms with Crippen LogP contribution in [0.3, 0.4) is 0 Å². The quantitative estimate of drug-likeness (QED) is 0.798. The third kappa shape index (κ3) is 3.45. The lowest BCUT2D eigenvalue weighted by atomic mass is 10.1. The number of nitrogens with zero attached hydrogens (tertiary/aromatic N) is 1. The standard InChI is InChI=1S/C13H18N4O.ClH/c1-8-4-10-7-16-17-12(10)11(5-8)13(18)15-6-9(2)14-3;/h4-5,7,9,14H,6H2,1-3H3,(H,15,18)(H,16,17);1H. The van der Waals surface area contributed by atoms with Gasteiger partial charge in [-0.05, 0) is 38.6 Å². The molecule has 0 radical (unpaired) electrons. The number of fused-ring (bicyclic) bond motifs is 1. The van der Waals surface area contributed by atoms with Gasteiger partial charge < -0.3 is 10.6 Å². The smallest absolute Gasteiger partial charge is 0.253 e. The van der Waals surface area contributed by atoms with E-state index in [9.17, 15) is 4.79 Å². The largest absolute Gasteiger partial charge is 0.350 e. The van der Waals surface area contributed by atoms with Gasteiger partial charge in [0.2, 0.25) is 0 Å². The molecular weight excluding hydrogens is 264 g/mol. The van der Waals surface area contributed by atoms with E-state index in [0.29, 0.717) is 12.1 Å². The van der Waals surface area contributed by atoms with Crippen LogP contribution in [0.25, 0.3) is 10.9 Å². The molecule has 104 valence electrons. The second-order valence-electron chi connectivity index (χ2n) is 4.55. The molecule has 19 heavy (non-hydrogen) atoms. The summed E-state index contributed by atoms with van der Waals surface area (Å²) in [5.41, 5.74) is 2.48. The summed E-state index contributed by atoms with van der Waals surface area (Å²) in [6, 6.07) is 4.13. The molecule has 1 amide bonds. The summed E-state index contributed by atoms with van der Waals surface area (Å²) in [7, 11) is 1.87. The van der Waals surface area contributed by atoms with Gasteiger partial charge in [0.15, 0.2) is 0 Å². The maximum atomic E-state index is 12.1. The summed E-state index contributed by atoms with van der Waals surface area (Å²) in [6.07, 6.45) is 1.73. The minimum Gasteiger partial charge on any atom is -0.350 e. The number of nitrogens with one attached hydrogen (secondary N) is 3. The molecule has 0 aliphatic carbocycles. The van der Waals surface area contributed by atoms with Crippen LogP contribution >= 0.6 is 12.4 Å². The minimum absolute atomic E-state index is 0. The molecule has 1 unspecified atom stereocenters. The van der Waals surface area contributed by atoms with Gasteiger partial charge in [0.05, 0.1) is 17.3 Å². The first-order valence-electron chi connectivity index (χ1n) is 6.01. The predicted octanol–water partition coefficient (Wildman–Crippen LogP) is 1.63. The number of H-pyrrole nitrogens is 1. The molecule has 1 heterocycles. The average Bonchev–Trinajstić information content (AvgIpc) is 2.82. The highest BCUT2D eigenvalue weighted by Crippen LogP contribution is 2.18. The summed E-state index contributed by atoms with van der Waals surface area (Å²) >= 11 is 0. The third-order valence-corrected chi connectivity index (χ3v) is 3.00. The minimum atomic E-state index is -0.0740. The summed E-state index contributed by atoms with van der Waals surface area (Å²) in [5.74, 6) is -0.0740. The molecule has 2 rings (SSSR count). The Labute approximate surface area is 118 Å². The Bertz CT molecular complexity index is 567. The fraction of sp³-hybridized carbons (Fsp3) is 0.385. The zero-order valence-electron chi connectivity index (χ0n) is 11.3. The van der Waals surface area contributed by atoms with Crippen LogP contribution in [0.5, 0.6) is 0 Å². The summed E-state index contributed by atoms with van der Waals surface area (Å²) in [5, 5.41) is 13.8. The van der Waals surface area contributed by atoms with Crippen LogP contribution in [0.1, 0.15) is 22.8 Å². The highest BCUT2D eigenvalue weighted by molar-refractivity contribution is 6.05. The SMILES string of the molecule is CNC(C)CNC(=O)c1cc(C)cc2cn[nH]c12.Cl. The molecule has 3 N–H and O–H groups in total. The second kappa shape index (κ2) is 6.54. The monoisotopic (exact) mass is 282 g/mol. The summed E-state index contributed by atoms with van der Waals surface area (Å²) < 4.78 is 0. The van der Waals surface area contributed by atoms with Gasteiger partial charge in [-0.15, -0.1) is 12.4 Å². The molecule has 0 aliphatic rings. The van der Waals surface area contributed by atoms with Crippen LogP contribution in [-0.2, 0) is 0 Å². The Kier molecular flexibility index (Phi) is 5.32. The lowest BCUT2D eigenvalue weighted by Crippen LogP contribution is -2.37. The summed E-state index contributed by atoms with van der Waals surface area (Å²) in [4.78, 5) is 12.1. The van der Waals surface area contributed by atoms with E-state index in [2.05, 4.69) is 20.8 Å². The van der Waals surface area contributed by atoms with Crippen molar-refractivity contribution in [3.8, 4) is 0 Å². The van der Waals surface area contributed by atoms with E-state index in [1.165, 1.54) is 0 Å². The Balaban J connectivity index is 0.00000180. The molecular formula is C13H19ClN4O. The number of aromatic amines is 1. The molecule has 1 atom stereocenters. The third-order valence-electron chi connectivity index (χ3n) is 3.00. The number of halogens is 1. The van der Waals surface area contributed by atoms with Crippen molar-refractivity contribution in [1.29, 1.82) is 0 Å². The first-order chi connectivity index (χ1) is 8.61. The van der Waals surface area contributed by atoms with Crippen molar-refractivity contribution in [2.24, 2.45) is 0 Å². The number of carbonyl (C=O) groups excluding carboxylic acids is 1. The Morgan fingerprint density at radius 1 is 1.47 bits per heavy atom. The number of carbonyl (C=O) groups is 1. The normalized spacial score (nSPS) is 11.9. The average molecular weight is 283 g/mol. The highest BCUT2D eigenvalue weighted by Gasteiger charge is 2.12. The first-order valence-corrected chi connectivity index (χ1v) is 6.01. The van der Waals surface area contributed by atoms with Gasteiger partial charge in [0, 0.05) is 18.0 Å². The van der Waals surface area contributed by atoms with E-state index >= 15 is 0 Å². The Hall–Kier alpha value is -1.59. The van der Waals surface area contributed by atoms with E-state index in [1.54, 1.807) is 6.20 Å². The van der Waals surface area contributed by atoms with E-state index in [1.807, 2.05) is 33.0 Å². The van der Waals surface area contributed by atoms with Gasteiger partial charge in [-0.3, -0.25) is 9.89 Å². The van der Waals surface area contributed by atoms with Gasteiger partial charge in [-0.1, -0.05) is 0 Å². The number of benzene rings is 1. The van der Waals surface area contributed by atoms with E-state index < -0.39 is 0 Å². The number of hydrogen-bond acceptors (Lipinski definition) is 3. The van der Waals surface area contributed by atoms with Crippen LogP contribution in [0, 0.1) is 6.92 Å². The molecule has 0 spiro atoms. The second-order valence-corrected chi connectivity index (χ2v) is 4.55. The van der Waals surface area contributed by atoms with Crippen molar-refractivity contribution in [1.82, 2.24) is 20.8 Å². The number of amides is 1. The fourth-order valence-corrected chi connectivity index (χ4v) is 1.83. The molecule has 1 aromatic heterocycles. The zero-order chi connectivity index (χ0) is 13.1. The maximum Gasteiger partial charge on any atom is 0.253 e. The van der Waals surface area contributed by atoms with Crippen LogP contribution in [0.15, 0.2) is 18.3 Å². The van der Waals surface area contributed by atoms with Gasteiger partial charge in [0.25, 0.3) is 5.91 Å². The van der Waals surface area contributed by atoms with Crippen LogP contribution in [0.4, 0.5) is 0 Å². The van der Waals surface area contributed by atoms with E-state index in [-0.39, 0.29) is 24.4 Å². The molecule has 0 fully saturated rings. The molecule has 5 nitrogen and oxygen atoms in total. The molecule has 0 bridgehead atoms. The van der Waals surface area contributed by atoms with E-state index in [0.717, 1.165) is 16.5 Å².